The first-order valence-electron chi connectivity index (χ1n) is 12.1. The molecule has 1 aromatic carbocycles. The van der Waals surface area contributed by atoms with Gasteiger partial charge in [0, 0.05) is 57.4 Å². The zero-order valence-electron chi connectivity index (χ0n) is 19.6. The van der Waals surface area contributed by atoms with Crippen LogP contribution in [0.3, 0.4) is 0 Å². The maximum Gasteiger partial charge on any atom is 0.259 e. The number of nitrogens with one attached hydrogen (secondary N) is 1. The number of ether oxygens (including phenoxy) is 1. The van der Waals surface area contributed by atoms with Crippen LogP contribution in [0.2, 0.25) is 0 Å². The third-order valence-corrected chi connectivity index (χ3v) is 7.29. The molecule has 0 atom stereocenters. The largest absolute Gasteiger partial charge is 0.385 e. The lowest BCUT2D eigenvalue weighted by Crippen LogP contribution is -2.49. The summed E-state index contributed by atoms with van der Waals surface area (Å²) in [6.07, 6.45) is 7.23. The van der Waals surface area contributed by atoms with Gasteiger partial charge in [0.2, 0.25) is 0 Å². The predicted molar refractivity (Wildman–Crippen MR) is 136 cm³/mol. The fourth-order valence-corrected chi connectivity index (χ4v) is 5.43. The number of carbonyl (C=O) groups is 1. The number of aryl methyl sites for hydroxylation is 1. The van der Waals surface area contributed by atoms with Gasteiger partial charge in [-0.2, -0.15) is 5.10 Å². The first kappa shape index (κ1) is 24.4. The highest BCUT2D eigenvalue weighted by Crippen LogP contribution is 2.34. The summed E-state index contributed by atoms with van der Waals surface area (Å²) in [5.74, 6) is 0.0669. The average molecular weight is 468 g/mol. The Kier molecular flexibility index (Phi) is 7.38. The molecule has 0 spiro atoms. The number of fused-ring (bicyclic) bond motifs is 3. The summed E-state index contributed by atoms with van der Waals surface area (Å²) in [6, 6.07) is 4.24. The van der Waals surface area contributed by atoms with Gasteiger partial charge in [-0.15, -0.1) is 0 Å². The Morgan fingerprint density at radius 1 is 1.15 bits per heavy atom. The van der Waals surface area contributed by atoms with Gasteiger partial charge in [0.1, 0.15) is 0 Å². The number of amides is 1. The lowest BCUT2D eigenvalue weighted by molar-refractivity contribution is 0.0623. The number of aromatic nitrogens is 3. The minimum Gasteiger partial charge on any atom is -0.385 e. The van der Waals surface area contributed by atoms with E-state index in [-0.39, 0.29) is 18.9 Å². The molecule has 0 radical (unpaired) electrons. The minimum absolute atomic E-state index is 0. The molecule has 34 heavy (non-hydrogen) atoms. The Hall–Kier alpha value is -2.71. The van der Waals surface area contributed by atoms with Crippen molar-refractivity contribution in [3.05, 3.63) is 39.8 Å². The van der Waals surface area contributed by atoms with Gasteiger partial charge in [-0.1, -0.05) is 20.3 Å². The smallest absolute Gasteiger partial charge is 0.259 e. The third kappa shape index (κ3) is 4.49. The molecule has 184 valence electrons. The molecule has 1 aliphatic carbocycles. The Labute approximate surface area is 200 Å². The number of nitrogens with zero attached hydrogens (tertiary/aromatic N) is 4. The molecule has 1 N–H and O–H groups in total. The molecule has 1 saturated carbocycles. The first-order valence-corrected chi connectivity index (χ1v) is 12.1. The van der Waals surface area contributed by atoms with E-state index < -0.39 is 0 Å². The number of rotatable bonds is 6. The van der Waals surface area contributed by atoms with E-state index >= 15 is 0 Å². The number of benzene rings is 1. The lowest BCUT2D eigenvalue weighted by Gasteiger charge is -2.35. The van der Waals surface area contributed by atoms with Crippen molar-refractivity contribution in [1.29, 1.82) is 0 Å². The molecule has 3 aromatic rings. The summed E-state index contributed by atoms with van der Waals surface area (Å²) in [7, 11) is 1.73. The van der Waals surface area contributed by atoms with Crippen molar-refractivity contribution in [2.24, 2.45) is 0 Å². The highest BCUT2D eigenvalue weighted by atomic mass is 16.5. The normalized spacial score (nSPS) is 17.5. The van der Waals surface area contributed by atoms with Crippen LogP contribution in [0.25, 0.3) is 21.8 Å². The van der Waals surface area contributed by atoms with Crippen LogP contribution < -0.4 is 5.56 Å². The van der Waals surface area contributed by atoms with Gasteiger partial charge in [-0.25, -0.2) is 0 Å². The molecule has 0 bridgehead atoms. The summed E-state index contributed by atoms with van der Waals surface area (Å²) in [5, 5.41) is 6.10. The van der Waals surface area contributed by atoms with E-state index in [1.165, 1.54) is 12.8 Å². The van der Waals surface area contributed by atoms with Gasteiger partial charge in [0.05, 0.1) is 28.7 Å². The Morgan fingerprint density at radius 3 is 2.59 bits per heavy atom. The maximum atomic E-state index is 13.5. The van der Waals surface area contributed by atoms with E-state index in [1.54, 1.807) is 13.3 Å². The van der Waals surface area contributed by atoms with E-state index in [9.17, 15) is 9.59 Å². The zero-order chi connectivity index (χ0) is 22.9. The molecule has 8 nitrogen and oxygen atoms in total. The number of carbonyl (C=O) groups excluding carboxylic acids is 1. The fraction of sp³-hybridized carbons (Fsp3) is 0.577. The quantitative estimate of drug-likeness (QED) is 0.559. The fourth-order valence-electron chi connectivity index (χ4n) is 5.43. The van der Waals surface area contributed by atoms with Gasteiger partial charge < -0.3 is 14.6 Å². The summed E-state index contributed by atoms with van der Waals surface area (Å²) in [4.78, 5) is 33.6. The summed E-state index contributed by atoms with van der Waals surface area (Å²) < 4.78 is 7.18. The molecule has 5 rings (SSSR count). The van der Waals surface area contributed by atoms with E-state index in [0.717, 1.165) is 80.6 Å². The Balaban J connectivity index is 0.00000274. The predicted octanol–water partition coefficient (Wildman–Crippen LogP) is 3.73. The number of hydrogen-bond donors (Lipinski definition) is 1. The second-order valence-electron chi connectivity index (χ2n) is 9.44. The van der Waals surface area contributed by atoms with Gasteiger partial charge in [0.25, 0.3) is 11.5 Å². The van der Waals surface area contributed by atoms with E-state index in [4.69, 9.17) is 4.74 Å². The number of methoxy groups -OCH3 is 1. The molecule has 0 unspecified atom stereocenters. The lowest BCUT2D eigenvalue weighted by atomic mass is 10.0. The molecule has 2 aliphatic rings. The van der Waals surface area contributed by atoms with E-state index in [1.807, 2.05) is 28.6 Å². The molecular formula is C26H37N5O3. The summed E-state index contributed by atoms with van der Waals surface area (Å²) in [6.45, 7) is 6.94. The third-order valence-electron chi connectivity index (χ3n) is 7.29. The Morgan fingerprint density at radius 2 is 1.88 bits per heavy atom. The number of hydrogen-bond acceptors (Lipinski definition) is 5. The highest BCUT2D eigenvalue weighted by Gasteiger charge is 2.25. The minimum atomic E-state index is -0.121. The average Bonchev–Trinajstić information content (AvgIpc) is 3.49. The van der Waals surface area contributed by atoms with Gasteiger partial charge in [-0.3, -0.25) is 19.2 Å². The molecule has 2 fully saturated rings. The van der Waals surface area contributed by atoms with Crippen molar-refractivity contribution in [2.75, 3.05) is 46.4 Å². The highest BCUT2D eigenvalue weighted by molar-refractivity contribution is 6.07. The summed E-state index contributed by atoms with van der Waals surface area (Å²) in [5.41, 5.74) is 3.10. The van der Waals surface area contributed by atoms with Crippen molar-refractivity contribution in [3.63, 3.8) is 0 Å². The standard InChI is InChI=1S/C25H33N5O3.CH4/c1-17-14-22-20(23-21(24(31)27-22)16-26-30(23)18-6-3-4-7-18)15-19(17)25(32)29-11-9-28(10-12-29)8-5-13-33-2;/h14-16,18H,3-13H2,1-2H3,(H,27,31);1H4. The number of pyridine rings is 1. The monoisotopic (exact) mass is 467 g/mol. The molecular weight excluding hydrogens is 430 g/mol. The van der Waals surface area contributed by atoms with Crippen molar-refractivity contribution < 1.29 is 9.53 Å². The van der Waals surface area contributed by atoms with Crippen LogP contribution in [0, 0.1) is 6.92 Å². The van der Waals surface area contributed by atoms with Gasteiger partial charge in [-0.05, 0) is 43.9 Å². The molecule has 1 amide bonds. The van der Waals surface area contributed by atoms with Crippen LogP contribution >= 0.6 is 0 Å². The number of H-pyrrole nitrogens is 1. The van der Waals surface area contributed by atoms with Crippen LogP contribution in [-0.2, 0) is 4.74 Å². The van der Waals surface area contributed by atoms with Crippen LogP contribution in [0.15, 0.2) is 23.1 Å². The van der Waals surface area contributed by atoms with Crippen molar-refractivity contribution in [1.82, 2.24) is 24.6 Å². The molecule has 3 heterocycles. The zero-order valence-corrected chi connectivity index (χ0v) is 19.6. The van der Waals surface area contributed by atoms with Gasteiger partial charge in [0.15, 0.2) is 0 Å². The molecule has 1 aliphatic heterocycles. The van der Waals surface area contributed by atoms with Crippen molar-refractivity contribution in [2.45, 2.75) is 52.5 Å². The van der Waals surface area contributed by atoms with Crippen LogP contribution in [0.4, 0.5) is 0 Å². The number of aromatic amines is 1. The van der Waals surface area contributed by atoms with Crippen molar-refractivity contribution >= 4 is 27.7 Å². The topological polar surface area (TPSA) is 83.5 Å². The summed E-state index contributed by atoms with van der Waals surface area (Å²) >= 11 is 0. The van der Waals surface area contributed by atoms with Crippen LogP contribution in [0.1, 0.15) is 61.5 Å². The van der Waals surface area contributed by atoms with E-state index in [2.05, 4.69) is 15.0 Å². The van der Waals surface area contributed by atoms with Crippen LogP contribution in [0.5, 0.6) is 0 Å². The number of piperazine rings is 1. The van der Waals surface area contributed by atoms with E-state index in [0.29, 0.717) is 17.0 Å². The van der Waals surface area contributed by atoms with Crippen molar-refractivity contribution in [3.8, 4) is 0 Å². The first-order chi connectivity index (χ1) is 16.1. The molecule has 1 saturated heterocycles. The van der Waals surface area contributed by atoms with Crippen LogP contribution in [-0.4, -0.2) is 76.9 Å². The SMILES string of the molecule is C.COCCCN1CCN(C(=O)c2cc3c(cc2C)[nH]c(=O)c2cnn(C4CCCC4)c23)CC1. The molecule has 8 heteroatoms. The van der Waals surface area contributed by atoms with Gasteiger partial charge >= 0.3 is 0 Å². The second kappa shape index (κ2) is 10.3. The second-order valence-corrected chi connectivity index (χ2v) is 9.44. The maximum absolute atomic E-state index is 13.5. The Bertz CT molecular complexity index is 1220. The molecule has 2 aromatic heterocycles.